The summed E-state index contributed by atoms with van der Waals surface area (Å²) in [6.07, 6.45) is 1.79. The molecule has 0 atom stereocenters. The van der Waals surface area contributed by atoms with Crippen LogP contribution in [-0.4, -0.2) is 14.3 Å². The maximum atomic E-state index is 12.1. The molecule has 0 radical (unpaired) electrons. The van der Waals surface area contributed by atoms with Gasteiger partial charge in [0.25, 0.3) is 0 Å². The van der Waals surface area contributed by atoms with Crippen molar-refractivity contribution in [3.8, 4) is 17.0 Å². The van der Waals surface area contributed by atoms with Gasteiger partial charge in [0.15, 0.2) is 11.6 Å². The molecule has 0 unspecified atom stereocenters. The maximum Gasteiger partial charge on any atom is 0.332 e. The smallest absolute Gasteiger partial charge is 0.332 e. The van der Waals surface area contributed by atoms with Crippen molar-refractivity contribution in [2.24, 2.45) is 7.05 Å². The van der Waals surface area contributed by atoms with Crippen LogP contribution in [0.1, 0.15) is 5.69 Å². The van der Waals surface area contributed by atoms with Crippen molar-refractivity contribution in [1.82, 2.24) is 14.3 Å². The number of imidazole rings is 1. The summed E-state index contributed by atoms with van der Waals surface area (Å²) in [5.74, 6) is 0.907. The lowest BCUT2D eigenvalue weighted by molar-refractivity contribution is 0.436. The number of hydrogen-bond acceptors (Lipinski definition) is 4. The van der Waals surface area contributed by atoms with Gasteiger partial charge in [-0.25, -0.2) is 4.79 Å². The number of aryl methyl sites for hydroxylation is 2. The lowest BCUT2D eigenvalue weighted by Crippen LogP contribution is -2.21. The third-order valence-corrected chi connectivity index (χ3v) is 3.14. The van der Waals surface area contributed by atoms with Crippen molar-refractivity contribution in [3.63, 3.8) is 0 Å². The Morgan fingerprint density at radius 3 is 2.70 bits per heavy atom. The predicted molar refractivity (Wildman–Crippen MR) is 75.7 cm³/mol. The molecule has 0 aliphatic rings. The van der Waals surface area contributed by atoms with E-state index in [9.17, 15) is 4.79 Å². The van der Waals surface area contributed by atoms with Gasteiger partial charge in [0.2, 0.25) is 0 Å². The molecular formula is C14H14N4O2. The van der Waals surface area contributed by atoms with Gasteiger partial charge in [0, 0.05) is 30.6 Å². The first-order chi connectivity index (χ1) is 9.56. The molecule has 0 aliphatic heterocycles. The zero-order chi connectivity index (χ0) is 14.3. The van der Waals surface area contributed by atoms with Crippen LogP contribution in [0.4, 0.5) is 5.82 Å². The molecule has 1 aromatic carbocycles. The first-order valence-electron chi connectivity index (χ1n) is 6.14. The first kappa shape index (κ1) is 12.3. The molecular weight excluding hydrogens is 256 g/mol. The van der Waals surface area contributed by atoms with Crippen molar-refractivity contribution >= 4 is 5.82 Å². The molecule has 0 fully saturated rings. The Morgan fingerprint density at radius 1 is 1.30 bits per heavy atom. The average Bonchev–Trinajstić information content (AvgIpc) is 2.95. The number of nitrogens with zero attached hydrogens (tertiary/aromatic N) is 3. The van der Waals surface area contributed by atoms with Crippen molar-refractivity contribution < 1.29 is 4.52 Å². The van der Waals surface area contributed by atoms with Crippen LogP contribution in [-0.2, 0) is 7.05 Å². The molecule has 0 bridgehead atoms. The SMILES string of the molecule is Cc1cn(C)c(=O)n1-c1cccc(-c2cc(N)no2)c1. The fourth-order valence-corrected chi connectivity index (χ4v) is 2.24. The Hall–Kier alpha value is -2.76. The minimum absolute atomic E-state index is 0.0864. The Balaban J connectivity index is 2.14. The highest BCUT2D eigenvalue weighted by atomic mass is 16.5. The summed E-state index contributed by atoms with van der Waals surface area (Å²) in [6.45, 7) is 1.89. The number of benzene rings is 1. The van der Waals surface area contributed by atoms with E-state index >= 15 is 0 Å². The van der Waals surface area contributed by atoms with Gasteiger partial charge in [0.1, 0.15) is 0 Å². The number of hydrogen-bond donors (Lipinski definition) is 1. The molecule has 6 nitrogen and oxygen atoms in total. The van der Waals surface area contributed by atoms with Gasteiger partial charge in [-0.1, -0.05) is 17.3 Å². The summed E-state index contributed by atoms with van der Waals surface area (Å²) >= 11 is 0. The zero-order valence-corrected chi connectivity index (χ0v) is 11.2. The molecule has 0 amide bonds. The third-order valence-electron chi connectivity index (χ3n) is 3.14. The number of anilines is 1. The van der Waals surface area contributed by atoms with Crippen molar-refractivity contribution in [3.05, 3.63) is 52.7 Å². The number of nitrogen functional groups attached to an aromatic ring is 1. The molecule has 20 heavy (non-hydrogen) atoms. The fourth-order valence-electron chi connectivity index (χ4n) is 2.24. The summed E-state index contributed by atoms with van der Waals surface area (Å²) in [5.41, 5.74) is 7.93. The van der Waals surface area contributed by atoms with Crippen LogP contribution in [0.25, 0.3) is 17.0 Å². The summed E-state index contributed by atoms with van der Waals surface area (Å²) in [5, 5.41) is 3.66. The highest BCUT2D eigenvalue weighted by Gasteiger charge is 2.10. The normalized spacial score (nSPS) is 10.9. The Bertz CT molecular complexity index is 826. The van der Waals surface area contributed by atoms with Crippen molar-refractivity contribution in [2.45, 2.75) is 6.92 Å². The van der Waals surface area contributed by atoms with Crippen LogP contribution in [0.2, 0.25) is 0 Å². The molecule has 3 rings (SSSR count). The van der Waals surface area contributed by atoms with E-state index in [0.717, 1.165) is 16.9 Å². The average molecular weight is 270 g/mol. The van der Waals surface area contributed by atoms with Crippen molar-refractivity contribution in [1.29, 1.82) is 0 Å². The molecule has 2 heterocycles. The van der Waals surface area contributed by atoms with Gasteiger partial charge >= 0.3 is 5.69 Å². The molecule has 102 valence electrons. The summed E-state index contributed by atoms with van der Waals surface area (Å²) in [7, 11) is 1.73. The van der Waals surface area contributed by atoms with Crippen molar-refractivity contribution in [2.75, 3.05) is 5.73 Å². The van der Waals surface area contributed by atoms with Crippen LogP contribution in [0.15, 0.2) is 45.8 Å². The van der Waals surface area contributed by atoms with E-state index in [0.29, 0.717) is 11.6 Å². The molecule has 0 spiro atoms. The van der Waals surface area contributed by atoms with E-state index in [-0.39, 0.29) is 5.69 Å². The first-order valence-corrected chi connectivity index (χ1v) is 6.14. The van der Waals surface area contributed by atoms with Gasteiger partial charge in [-0.15, -0.1) is 0 Å². The Morgan fingerprint density at radius 2 is 2.10 bits per heavy atom. The quantitative estimate of drug-likeness (QED) is 0.769. The van der Waals surface area contributed by atoms with Gasteiger partial charge in [0.05, 0.1) is 5.69 Å². The van der Waals surface area contributed by atoms with Crippen LogP contribution < -0.4 is 11.4 Å². The van der Waals surface area contributed by atoms with E-state index in [1.165, 1.54) is 0 Å². The van der Waals surface area contributed by atoms with Gasteiger partial charge in [-0.3, -0.25) is 4.57 Å². The van der Waals surface area contributed by atoms with Crippen LogP contribution in [0.3, 0.4) is 0 Å². The molecule has 2 N–H and O–H groups in total. The molecule has 3 aromatic rings. The third kappa shape index (κ3) is 1.91. The van der Waals surface area contributed by atoms with E-state index in [1.54, 1.807) is 28.4 Å². The molecule has 0 saturated carbocycles. The second-order valence-electron chi connectivity index (χ2n) is 4.67. The predicted octanol–water partition coefficient (Wildman–Crippen LogP) is 1.72. The zero-order valence-electron chi connectivity index (χ0n) is 11.2. The monoisotopic (exact) mass is 270 g/mol. The summed E-state index contributed by atoms with van der Waals surface area (Å²) in [4.78, 5) is 12.1. The summed E-state index contributed by atoms with van der Waals surface area (Å²) < 4.78 is 8.33. The lowest BCUT2D eigenvalue weighted by atomic mass is 10.1. The number of aromatic nitrogens is 3. The lowest BCUT2D eigenvalue weighted by Gasteiger charge is -2.05. The van der Waals surface area contributed by atoms with Crippen LogP contribution in [0.5, 0.6) is 0 Å². The number of nitrogens with two attached hydrogens (primary N) is 1. The minimum atomic E-state index is -0.0864. The summed E-state index contributed by atoms with van der Waals surface area (Å²) in [6, 6.07) is 9.14. The van der Waals surface area contributed by atoms with Crippen LogP contribution in [0, 0.1) is 6.92 Å². The molecule has 2 aromatic heterocycles. The van der Waals surface area contributed by atoms with E-state index in [1.807, 2.05) is 31.2 Å². The topological polar surface area (TPSA) is 79.0 Å². The van der Waals surface area contributed by atoms with Gasteiger partial charge in [-0.05, 0) is 19.1 Å². The molecule has 6 heteroatoms. The standard InChI is InChI=1S/C14H14N4O2/c1-9-8-17(2)14(19)18(9)11-5-3-4-10(6-11)12-7-13(15)16-20-12/h3-8H,1-2H3,(H2,15,16). The van der Waals surface area contributed by atoms with Gasteiger partial charge in [-0.2, -0.15) is 0 Å². The second kappa shape index (κ2) is 4.41. The fraction of sp³-hybridized carbons (Fsp3) is 0.143. The minimum Gasteiger partial charge on any atom is -0.381 e. The Kier molecular flexibility index (Phi) is 2.71. The second-order valence-corrected chi connectivity index (χ2v) is 4.67. The van der Waals surface area contributed by atoms with E-state index < -0.39 is 0 Å². The largest absolute Gasteiger partial charge is 0.381 e. The van der Waals surface area contributed by atoms with E-state index in [2.05, 4.69) is 5.16 Å². The molecule has 0 aliphatic carbocycles. The number of rotatable bonds is 2. The highest BCUT2D eigenvalue weighted by molar-refractivity contribution is 5.63. The van der Waals surface area contributed by atoms with Crippen LogP contribution >= 0.6 is 0 Å². The maximum absolute atomic E-state index is 12.1. The van der Waals surface area contributed by atoms with Gasteiger partial charge < -0.3 is 14.8 Å². The van der Waals surface area contributed by atoms with E-state index in [4.69, 9.17) is 10.3 Å². The Labute approximate surface area is 115 Å². The molecule has 0 saturated heterocycles. The highest BCUT2D eigenvalue weighted by Crippen LogP contribution is 2.23.